The van der Waals surface area contributed by atoms with Crippen LogP contribution >= 0.6 is 0 Å². The summed E-state index contributed by atoms with van der Waals surface area (Å²) in [6.45, 7) is 0.787. The van der Waals surface area contributed by atoms with Crippen LogP contribution in [0.5, 0.6) is 0 Å². The highest BCUT2D eigenvalue weighted by molar-refractivity contribution is 5.82. The molecule has 96 valence electrons. The Bertz CT molecular complexity index is 887. The average molecular weight is 259 g/mol. The number of benzene rings is 2. The Kier molecular flexibility index (Phi) is 2.49. The minimum atomic E-state index is 0.787. The average Bonchev–Trinajstić information content (AvgIpc) is 2.91. The zero-order chi connectivity index (χ0) is 13.4. The van der Waals surface area contributed by atoms with E-state index in [1.807, 2.05) is 36.8 Å². The summed E-state index contributed by atoms with van der Waals surface area (Å²) in [7, 11) is 0. The molecule has 2 aromatic carbocycles. The zero-order valence-corrected chi connectivity index (χ0v) is 10.9. The van der Waals surface area contributed by atoms with E-state index in [0.29, 0.717) is 0 Å². The van der Waals surface area contributed by atoms with Crippen LogP contribution in [-0.4, -0.2) is 14.5 Å². The lowest BCUT2D eigenvalue weighted by atomic mass is 10.1. The van der Waals surface area contributed by atoms with Gasteiger partial charge in [-0.05, 0) is 23.8 Å². The Morgan fingerprint density at radius 2 is 1.75 bits per heavy atom. The first-order chi connectivity index (χ1) is 9.92. The number of nitrogens with zero attached hydrogens (tertiary/aromatic N) is 3. The maximum atomic E-state index is 4.51. The van der Waals surface area contributed by atoms with E-state index >= 15 is 0 Å². The molecule has 0 saturated heterocycles. The number of rotatable bonds is 2. The van der Waals surface area contributed by atoms with E-state index < -0.39 is 0 Å². The fourth-order valence-electron chi connectivity index (χ4n) is 2.61. The molecule has 3 nitrogen and oxygen atoms in total. The first-order valence-electron chi connectivity index (χ1n) is 6.64. The minimum Gasteiger partial charge on any atom is -0.326 e. The van der Waals surface area contributed by atoms with Crippen LogP contribution in [0, 0.1) is 0 Å². The second-order valence-corrected chi connectivity index (χ2v) is 4.85. The van der Waals surface area contributed by atoms with Crippen LogP contribution < -0.4 is 0 Å². The maximum Gasteiger partial charge on any atom is 0.0961 e. The number of hydrogen-bond donors (Lipinski definition) is 0. The molecule has 0 bridgehead atoms. The Morgan fingerprint density at radius 3 is 2.75 bits per heavy atom. The first kappa shape index (κ1) is 11.2. The summed E-state index contributed by atoms with van der Waals surface area (Å²) in [5.41, 5.74) is 4.46. The number of fused-ring (bicyclic) bond motifs is 2. The minimum absolute atomic E-state index is 0.787. The third-order valence-electron chi connectivity index (χ3n) is 3.58. The molecule has 0 amide bonds. The predicted molar refractivity (Wildman–Crippen MR) is 80.6 cm³/mol. The number of aromatic nitrogens is 3. The van der Waals surface area contributed by atoms with Gasteiger partial charge in [0.2, 0.25) is 0 Å². The van der Waals surface area contributed by atoms with Gasteiger partial charge in [-0.25, -0.2) is 4.98 Å². The lowest BCUT2D eigenvalue weighted by molar-refractivity contribution is 0.828. The molecule has 2 heterocycles. The normalized spacial score (nSPS) is 11.2. The van der Waals surface area contributed by atoms with Gasteiger partial charge in [0.05, 0.1) is 29.4 Å². The molecular formula is C17H13N3. The van der Waals surface area contributed by atoms with Crippen LogP contribution in [0.25, 0.3) is 21.9 Å². The number of hydrogen-bond acceptors (Lipinski definition) is 2. The first-order valence-corrected chi connectivity index (χ1v) is 6.64. The van der Waals surface area contributed by atoms with Gasteiger partial charge in [-0.15, -0.1) is 0 Å². The number of para-hydroxylation sites is 3. The van der Waals surface area contributed by atoms with E-state index in [9.17, 15) is 0 Å². The Morgan fingerprint density at radius 1 is 0.850 bits per heavy atom. The van der Waals surface area contributed by atoms with Crippen molar-refractivity contribution >= 4 is 21.9 Å². The van der Waals surface area contributed by atoms with Crippen molar-refractivity contribution in [1.29, 1.82) is 0 Å². The molecular weight excluding hydrogens is 246 g/mol. The summed E-state index contributed by atoms with van der Waals surface area (Å²) in [6.07, 6.45) is 3.74. The number of pyridine rings is 1. The molecule has 0 unspecified atom stereocenters. The van der Waals surface area contributed by atoms with Crippen molar-refractivity contribution in [1.82, 2.24) is 14.5 Å². The van der Waals surface area contributed by atoms with E-state index in [4.69, 9.17) is 0 Å². The second-order valence-electron chi connectivity index (χ2n) is 4.85. The van der Waals surface area contributed by atoms with Crippen LogP contribution in [0.3, 0.4) is 0 Å². The molecule has 0 aliphatic heterocycles. The molecule has 0 aliphatic carbocycles. The van der Waals surface area contributed by atoms with Crippen molar-refractivity contribution in [2.45, 2.75) is 6.54 Å². The smallest absolute Gasteiger partial charge is 0.0961 e. The van der Waals surface area contributed by atoms with E-state index in [2.05, 4.69) is 44.9 Å². The molecule has 4 rings (SSSR count). The molecule has 0 aliphatic rings. The Labute approximate surface area is 116 Å². The van der Waals surface area contributed by atoms with Gasteiger partial charge in [-0.1, -0.05) is 36.4 Å². The van der Waals surface area contributed by atoms with E-state index in [1.165, 1.54) is 10.9 Å². The molecule has 20 heavy (non-hydrogen) atoms. The van der Waals surface area contributed by atoms with Gasteiger partial charge in [0.25, 0.3) is 0 Å². The lowest BCUT2D eigenvalue weighted by Gasteiger charge is -2.07. The molecule has 2 aromatic heterocycles. The summed E-state index contributed by atoms with van der Waals surface area (Å²) in [5.74, 6) is 0. The molecule has 3 heteroatoms. The Balaban J connectivity index is 1.85. The summed E-state index contributed by atoms with van der Waals surface area (Å²) in [6, 6.07) is 18.6. The van der Waals surface area contributed by atoms with Gasteiger partial charge in [0.1, 0.15) is 0 Å². The largest absolute Gasteiger partial charge is 0.326 e. The highest BCUT2D eigenvalue weighted by Gasteiger charge is 2.05. The van der Waals surface area contributed by atoms with Gasteiger partial charge >= 0.3 is 0 Å². The summed E-state index contributed by atoms with van der Waals surface area (Å²) < 4.78 is 2.17. The summed E-state index contributed by atoms with van der Waals surface area (Å²) >= 11 is 0. The SMILES string of the molecule is c1cnc2c(Cn3cnc4ccccc43)cccc2c1. The van der Waals surface area contributed by atoms with E-state index in [-0.39, 0.29) is 0 Å². The highest BCUT2D eigenvalue weighted by atomic mass is 15.0. The fraction of sp³-hybridized carbons (Fsp3) is 0.0588. The molecule has 0 spiro atoms. The summed E-state index contributed by atoms with van der Waals surface area (Å²) in [4.78, 5) is 8.95. The zero-order valence-electron chi connectivity index (χ0n) is 10.9. The molecule has 0 fully saturated rings. The van der Waals surface area contributed by atoms with E-state index in [0.717, 1.165) is 23.1 Å². The van der Waals surface area contributed by atoms with Crippen LogP contribution in [0.4, 0.5) is 0 Å². The lowest BCUT2D eigenvalue weighted by Crippen LogP contribution is -1.99. The van der Waals surface area contributed by atoms with Gasteiger partial charge in [-0.2, -0.15) is 0 Å². The van der Waals surface area contributed by atoms with Gasteiger partial charge in [-0.3, -0.25) is 4.98 Å². The predicted octanol–water partition coefficient (Wildman–Crippen LogP) is 3.63. The van der Waals surface area contributed by atoms with Crippen molar-refractivity contribution in [2.75, 3.05) is 0 Å². The molecule has 4 aromatic rings. The van der Waals surface area contributed by atoms with Gasteiger partial charge in [0.15, 0.2) is 0 Å². The quantitative estimate of drug-likeness (QED) is 0.550. The monoisotopic (exact) mass is 259 g/mol. The standard InChI is InChI=1S/C17H13N3/c1-2-9-16-15(8-1)19-12-20(16)11-14-6-3-5-13-7-4-10-18-17(13)14/h1-10,12H,11H2. The van der Waals surface area contributed by atoms with Crippen molar-refractivity contribution in [3.8, 4) is 0 Å². The van der Waals surface area contributed by atoms with Crippen LogP contribution in [0.2, 0.25) is 0 Å². The molecule has 0 radical (unpaired) electrons. The van der Waals surface area contributed by atoms with Crippen LogP contribution in [0.1, 0.15) is 5.56 Å². The third kappa shape index (κ3) is 1.75. The van der Waals surface area contributed by atoms with Crippen LogP contribution in [-0.2, 0) is 6.54 Å². The fourth-order valence-corrected chi connectivity index (χ4v) is 2.61. The molecule has 0 N–H and O–H groups in total. The number of imidazole rings is 1. The van der Waals surface area contributed by atoms with Crippen LogP contribution in [0.15, 0.2) is 67.1 Å². The topological polar surface area (TPSA) is 30.7 Å². The van der Waals surface area contributed by atoms with Gasteiger partial charge in [0, 0.05) is 11.6 Å². The van der Waals surface area contributed by atoms with Crippen molar-refractivity contribution < 1.29 is 0 Å². The van der Waals surface area contributed by atoms with E-state index in [1.54, 1.807) is 0 Å². The summed E-state index contributed by atoms with van der Waals surface area (Å²) in [5, 5.41) is 1.18. The highest BCUT2D eigenvalue weighted by Crippen LogP contribution is 2.19. The van der Waals surface area contributed by atoms with Crippen molar-refractivity contribution in [3.05, 3.63) is 72.7 Å². The molecule has 0 atom stereocenters. The Hall–Kier alpha value is -2.68. The molecule has 0 saturated carbocycles. The van der Waals surface area contributed by atoms with Crippen molar-refractivity contribution in [3.63, 3.8) is 0 Å². The third-order valence-corrected chi connectivity index (χ3v) is 3.58. The van der Waals surface area contributed by atoms with Crippen molar-refractivity contribution in [2.24, 2.45) is 0 Å². The second kappa shape index (κ2) is 4.46. The van der Waals surface area contributed by atoms with Gasteiger partial charge < -0.3 is 4.57 Å². The maximum absolute atomic E-state index is 4.51.